The maximum absolute atomic E-state index is 12.5. The monoisotopic (exact) mass is 440 g/mol. The van der Waals surface area contributed by atoms with Gasteiger partial charge < -0.3 is 14.4 Å². The van der Waals surface area contributed by atoms with Gasteiger partial charge in [0.15, 0.2) is 13.2 Å². The first-order valence-corrected chi connectivity index (χ1v) is 11.3. The topological polar surface area (TPSA) is 93.2 Å². The summed E-state index contributed by atoms with van der Waals surface area (Å²) in [5.74, 6) is -0.544. The smallest absolute Gasteiger partial charge is 0.344 e. The minimum absolute atomic E-state index is 0.252. The Morgan fingerprint density at radius 3 is 2.24 bits per heavy atom. The van der Waals surface area contributed by atoms with Gasteiger partial charge in [0.05, 0.1) is 5.69 Å². The van der Waals surface area contributed by atoms with Crippen molar-refractivity contribution in [1.29, 1.82) is 0 Å². The molecule has 0 saturated carbocycles. The Bertz CT molecular complexity index is 907. The summed E-state index contributed by atoms with van der Waals surface area (Å²) < 4.78 is 36.7. The van der Waals surface area contributed by atoms with Crippen molar-refractivity contribution in [3.05, 3.63) is 41.8 Å². The summed E-state index contributed by atoms with van der Waals surface area (Å²) in [6, 6.07) is 9.50. The van der Waals surface area contributed by atoms with E-state index in [-0.39, 0.29) is 23.3 Å². The third-order valence-corrected chi connectivity index (χ3v) is 7.30. The van der Waals surface area contributed by atoms with E-state index in [0.717, 1.165) is 11.3 Å². The quantitative estimate of drug-likeness (QED) is 0.527. The zero-order valence-corrected chi connectivity index (χ0v) is 18.2. The van der Waals surface area contributed by atoms with Gasteiger partial charge in [-0.25, -0.2) is 13.2 Å². The van der Waals surface area contributed by atoms with E-state index in [1.165, 1.54) is 11.4 Å². The largest absolute Gasteiger partial charge is 0.482 e. The molecular formula is C19H24N2O6S2. The van der Waals surface area contributed by atoms with Crippen molar-refractivity contribution in [1.82, 2.24) is 4.90 Å². The van der Waals surface area contributed by atoms with Crippen LogP contribution in [0.4, 0.5) is 5.69 Å². The van der Waals surface area contributed by atoms with Crippen LogP contribution in [-0.2, 0) is 24.3 Å². The number of thiophene rings is 1. The average molecular weight is 441 g/mol. The van der Waals surface area contributed by atoms with Crippen molar-refractivity contribution in [3.63, 3.8) is 0 Å². The number of sulfonamides is 1. The van der Waals surface area contributed by atoms with Gasteiger partial charge in [-0.2, -0.15) is 0 Å². The first-order valence-electron chi connectivity index (χ1n) is 8.98. The van der Waals surface area contributed by atoms with Crippen LogP contribution < -0.4 is 9.04 Å². The molecule has 1 heterocycles. The maximum Gasteiger partial charge on any atom is 0.344 e. The molecule has 0 radical (unpaired) electrons. The van der Waals surface area contributed by atoms with Gasteiger partial charge in [0.1, 0.15) is 9.96 Å². The third-order valence-electron chi connectivity index (χ3n) is 4.14. The number of hydrogen-bond acceptors (Lipinski definition) is 7. The minimum Gasteiger partial charge on any atom is -0.482 e. The number of anilines is 1. The lowest BCUT2D eigenvalue weighted by Gasteiger charge is -2.19. The highest BCUT2D eigenvalue weighted by atomic mass is 32.2. The molecule has 0 aliphatic carbocycles. The number of carbonyl (C=O) groups is 2. The van der Waals surface area contributed by atoms with E-state index in [1.807, 2.05) is 13.8 Å². The van der Waals surface area contributed by atoms with Gasteiger partial charge in [-0.1, -0.05) is 6.07 Å². The zero-order valence-electron chi connectivity index (χ0n) is 16.5. The molecule has 0 bridgehead atoms. The summed E-state index contributed by atoms with van der Waals surface area (Å²) in [6.45, 7) is 4.11. The number of amides is 1. The van der Waals surface area contributed by atoms with Crippen LogP contribution in [0.15, 0.2) is 46.0 Å². The van der Waals surface area contributed by atoms with Crippen LogP contribution in [0.25, 0.3) is 0 Å². The Balaban J connectivity index is 1.88. The summed E-state index contributed by atoms with van der Waals surface area (Å²) in [7, 11) is -2.15. The summed E-state index contributed by atoms with van der Waals surface area (Å²) >= 11 is 1.15. The lowest BCUT2D eigenvalue weighted by Crippen LogP contribution is -2.34. The molecule has 29 heavy (non-hydrogen) atoms. The predicted molar refractivity (Wildman–Crippen MR) is 111 cm³/mol. The van der Waals surface area contributed by atoms with Gasteiger partial charge in [0.25, 0.3) is 15.9 Å². The highest BCUT2D eigenvalue weighted by molar-refractivity contribution is 7.94. The number of benzene rings is 1. The molecule has 1 aromatic carbocycles. The van der Waals surface area contributed by atoms with Crippen molar-refractivity contribution in [3.8, 4) is 5.75 Å². The molecule has 0 unspecified atom stereocenters. The molecule has 1 amide bonds. The Morgan fingerprint density at radius 2 is 1.69 bits per heavy atom. The normalized spacial score (nSPS) is 11.0. The Morgan fingerprint density at radius 1 is 1.03 bits per heavy atom. The molecule has 1 aromatic heterocycles. The van der Waals surface area contributed by atoms with E-state index < -0.39 is 16.0 Å². The SMILES string of the molecule is CCN(CC)C(=O)COC(=O)COc1ccc(N(C)S(=O)(=O)c2cccs2)cc1. The van der Waals surface area contributed by atoms with Crippen LogP contribution in [0.3, 0.4) is 0 Å². The van der Waals surface area contributed by atoms with Crippen molar-refractivity contribution in [2.45, 2.75) is 18.1 Å². The van der Waals surface area contributed by atoms with Crippen molar-refractivity contribution in [2.75, 3.05) is 37.7 Å². The standard InChI is InChI=1S/C19H24N2O6S2/c1-4-21(5-2)17(22)13-27-18(23)14-26-16-10-8-15(9-11-16)20(3)29(24,25)19-7-6-12-28-19/h6-12H,4-5,13-14H2,1-3H3. The molecule has 0 aliphatic heterocycles. The number of carbonyl (C=O) groups excluding carboxylic acids is 2. The molecule has 0 saturated heterocycles. The highest BCUT2D eigenvalue weighted by Crippen LogP contribution is 2.26. The van der Waals surface area contributed by atoms with Gasteiger partial charge >= 0.3 is 5.97 Å². The first kappa shape index (κ1) is 22.7. The van der Waals surface area contributed by atoms with Gasteiger partial charge in [-0.15, -0.1) is 11.3 Å². The van der Waals surface area contributed by atoms with E-state index >= 15 is 0 Å². The van der Waals surface area contributed by atoms with Crippen molar-refractivity contribution < 1.29 is 27.5 Å². The Labute approximate surface area is 174 Å². The average Bonchev–Trinajstić information content (AvgIpc) is 3.27. The molecule has 0 atom stereocenters. The predicted octanol–water partition coefficient (Wildman–Crippen LogP) is 2.36. The van der Waals surface area contributed by atoms with E-state index in [0.29, 0.717) is 24.5 Å². The first-order chi connectivity index (χ1) is 13.8. The van der Waals surface area contributed by atoms with E-state index in [9.17, 15) is 18.0 Å². The lowest BCUT2D eigenvalue weighted by molar-refractivity contribution is -0.153. The van der Waals surface area contributed by atoms with Crippen LogP contribution in [0.2, 0.25) is 0 Å². The van der Waals surface area contributed by atoms with Crippen LogP contribution in [0, 0.1) is 0 Å². The summed E-state index contributed by atoms with van der Waals surface area (Å²) in [5.41, 5.74) is 0.457. The van der Waals surface area contributed by atoms with Gasteiger partial charge in [0, 0.05) is 20.1 Å². The molecule has 0 fully saturated rings. The number of likely N-dealkylation sites (N-methyl/N-ethyl adjacent to an activating group) is 1. The molecular weight excluding hydrogens is 416 g/mol. The van der Waals surface area contributed by atoms with Crippen LogP contribution in [0.1, 0.15) is 13.8 Å². The fourth-order valence-corrected chi connectivity index (χ4v) is 4.79. The minimum atomic E-state index is -3.61. The molecule has 2 aromatic rings. The molecule has 0 N–H and O–H groups in total. The molecule has 8 nitrogen and oxygen atoms in total. The fraction of sp³-hybridized carbons (Fsp3) is 0.368. The van der Waals surface area contributed by atoms with Gasteiger partial charge in [-0.3, -0.25) is 9.10 Å². The lowest BCUT2D eigenvalue weighted by atomic mass is 10.3. The summed E-state index contributed by atoms with van der Waals surface area (Å²) in [6.07, 6.45) is 0. The fourth-order valence-electron chi connectivity index (χ4n) is 2.43. The number of ether oxygens (including phenoxy) is 2. The van der Waals surface area contributed by atoms with Crippen LogP contribution >= 0.6 is 11.3 Å². The summed E-state index contributed by atoms with van der Waals surface area (Å²) in [5, 5.41) is 1.70. The number of hydrogen-bond donors (Lipinski definition) is 0. The summed E-state index contributed by atoms with van der Waals surface area (Å²) in [4.78, 5) is 25.1. The Hall–Kier alpha value is -2.59. The van der Waals surface area contributed by atoms with Crippen molar-refractivity contribution >= 4 is 38.9 Å². The number of esters is 1. The maximum atomic E-state index is 12.5. The van der Waals surface area contributed by atoms with Crippen molar-refractivity contribution in [2.24, 2.45) is 0 Å². The second kappa shape index (κ2) is 10.3. The van der Waals surface area contributed by atoms with E-state index in [2.05, 4.69) is 0 Å². The zero-order chi connectivity index (χ0) is 21.4. The van der Waals surface area contributed by atoms with E-state index in [1.54, 1.807) is 46.7 Å². The molecule has 0 aliphatic rings. The second-order valence-corrected chi connectivity index (χ2v) is 9.06. The second-order valence-electron chi connectivity index (χ2n) is 5.91. The van der Waals surface area contributed by atoms with E-state index in [4.69, 9.17) is 9.47 Å². The third kappa shape index (κ3) is 5.94. The van der Waals surface area contributed by atoms with Gasteiger partial charge in [0.2, 0.25) is 0 Å². The van der Waals surface area contributed by atoms with Crippen LogP contribution in [0.5, 0.6) is 5.75 Å². The highest BCUT2D eigenvalue weighted by Gasteiger charge is 2.22. The number of rotatable bonds is 10. The molecule has 158 valence electrons. The molecule has 2 rings (SSSR count). The molecule has 0 spiro atoms. The Kier molecular flexibility index (Phi) is 8.03. The number of nitrogens with zero attached hydrogens (tertiary/aromatic N) is 2. The molecule has 10 heteroatoms. The van der Waals surface area contributed by atoms with Crippen LogP contribution in [-0.4, -0.2) is 58.5 Å². The van der Waals surface area contributed by atoms with Gasteiger partial charge in [-0.05, 0) is 49.6 Å².